The van der Waals surface area contributed by atoms with Gasteiger partial charge in [0.15, 0.2) is 0 Å². The molecule has 5 heteroatoms. The first-order valence-corrected chi connectivity index (χ1v) is 6.61. The van der Waals surface area contributed by atoms with Crippen LogP contribution < -0.4 is 5.32 Å². The van der Waals surface area contributed by atoms with E-state index in [9.17, 15) is 4.79 Å². The van der Waals surface area contributed by atoms with Crippen molar-refractivity contribution in [1.82, 2.24) is 10.2 Å². The number of rotatable bonds is 0. The normalized spacial score (nSPS) is 31.1. The number of amides is 1. The third-order valence-electron chi connectivity index (χ3n) is 3.33. The van der Waals surface area contributed by atoms with E-state index in [0.717, 1.165) is 19.5 Å². The van der Waals surface area contributed by atoms with E-state index in [2.05, 4.69) is 5.32 Å². The fraction of sp³-hybridized carbons (Fsp3) is 0.923. The van der Waals surface area contributed by atoms with Crippen molar-refractivity contribution in [3.63, 3.8) is 0 Å². The van der Waals surface area contributed by atoms with Gasteiger partial charge in [0.25, 0.3) is 0 Å². The van der Waals surface area contributed by atoms with Gasteiger partial charge in [-0.05, 0) is 47.6 Å². The highest BCUT2D eigenvalue weighted by Crippen LogP contribution is 2.35. The molecule has 2 saturated heterocycles. The summed E-state index contributed by atoms with van der Waals surface area (Å²) in [5.74, 6) is 0. The Labute approximate surface area is 109 Å². The van der Waals surface area contributed by atoms with Crippen molar-refractivity contribution in [3.05, 3.63) is 0 Å². The van der Waals surface area contributed by atoms with Gasteiger partial charge in [0, 0.05) is 6.54 Å². The molecule has 2 aliphatic rings. The number of ether oxygens (including phenoxy) is 2. The lowest BCUT2D eigenvalue weighted by Gasteiger charge is -2.35. The van der Waals surface area contributed by atoms with E-state index in [1.807, 2.05) is 34.6 Å². The van der Waals surface area contributed by atoms with E-state index in [0.29, 0.717) is 0 Å². The summed E-state index contributed by atoms with van der Waals surface area (Å²) in [6.45, 7) is 11.2. The maximum Gasteiger partial charge on any atom is 0.412 e. The first kappa shape index (κ1) is 13.6. The molecule has 2 aliphatic heterocycles. The molecule has 2 atom stereocenters. The van der Waals surface area contributed by atoms with Crippen molar-refractivity contribution in [2.24, 2.45) is 0 Å². The molecule has 1 amide bonds. The lowest BCUT2D eigenvalue weighted by atomic mass is 10.0. The summed E-state index contributed by atoms with van der Waals surface area (Å²) >= 11 is 0. The zero-order valence-corrected chi connectivity index (χ0v) is 11.9. The molecule has 0 aromatic heterocycles. The van der Waals surface area contributed by atoms with Crippen LogP contribution in [0.1, 0.15) is 41.0 Å². The molecule has 0 unspecified atom stereocenters. The van der Waals surface area contributed by atoms with Crippen LogP contribution in [0.15, 0.2) is 0 Å². The number of nitrogens with one attached hydrogen (secondary N) is 1. The van der Waals surface area contributed by atoms with Crippen LogP contribution in [0, 0.1) is 0 Å². The molecule has 0 aromatic carbocycles. The summed E-state index contributed by atoms with van der Waals surface area (Å²) in [6, 6.07) is 0.121. The van der Waals surface area contributed by atoms with Gasteiger partial charge in [-0.25, -0.2) is 4.79 Å². The lowest BCUT2D eigenvalue weighted by molar-refractivity contribution is -0.0773. The van der Waals surface area contributed by atoms with Crippen LogP contribution >= 0.6 is 0 Å². The molecule has 104 valence electrons. The van der Waals surface area contributed by atoms with E-state index in [1.165, 1.54) is 0 Å². The Kier molecular flexibility index (Phi) is 3.32. The smallest absolute Gasteiger partial charge is 0.412 e. The highest BCUT2D eigenvalue weighted by atomic mass is 16.6. The highest BCUT2D eigenvalue weighted by molar-refractivity contribution is 5.70. The van der Waals surface area contributed by atoms with E-state index in [4.69, 9.17) is 9.47 Å². The van der Waals surface area contributed by atoms with E-state index < -0.39 is 11.3 Å². The van der Waals surface area contributed by atoms with Crippen molar-refractivity contribution in [3.8, 4) is 0 Å². The van der Waals surface area contributed by atoms with Crippen molar-refractivity contribution in [1.29, 1.82) is 0 Å². The average molecular weight is 256 g/mol. The minimum absolute atomic E-state index is 0.0706. The van der Waals surface area contributed by atoms with Gasteiger partial charge in [-0.3, -0.25) is 4.90 Å². The predicted molar refractivity (Wildman–Crippen MR) is 68.3 cm³/mol. The molecule has 18 heavy (non-hydrogen) atoms. The van der Waals surface area contributed by atoms with Gasteiger partial charge in [0.05, 0.1) is 12.1 Å². The summed E-state index contributed by atoms with van der Waals surface area (Å²) < 4.78 is 11.5. The van der Waals surface area contributed by atoms with Gasteiger partial charge in [-0.15, -0.1) is 0 Å². The van der Waals surface area contributed by atoms with Crippen molar-refractivity contribution < 1.29 is 14.3 Å². The Hall–Kier alpha value is -0.810. The fourth-order valence-electron chi connectivity index (χ4n) is 2.72. The highest BCUT2D eigenvalue weighted by Gasteiger charge is 2.51. The van der Waals surface area contributed by atoms with E-state index >= 15 is 0 Å². The van der Waals surface area contributed by atoms with Crippen molar-refractivity contribution >= 4 is 6.09 Å². The van der Waals surface area contributed by atoms with Crippen LogP contribution in [0.25, 0.3) is 0 Å². The molecule has 2 heterocycles. The molecule has 0 spiro atoms. The molecule has 0 aromatic rings. The van der Waals surface area contributed by atoms with Gasteiger partial charge in [0.2, 0.25) is 0 Å². The topological polar surface area (TPSA) is 50.8 Å². The minimum atomic E-state index is -0.594. The predicted octanol–water partition coefficient (Wildman–Crippen LogP) is 1.72. The number of nitrogens with zero attached hydrogens (tertiary/aromatic N) is 1. The Morgan fingerprint density at radius 1 is 1.44 bits per heavy atom. The lowest BCUT2D eigenvalue weighted by Crippen LogP contribution is -2.53. The Bertz CT molecular complexity index is 336. The number of carbonyl (C=O) groups excluding carboxylic acids is 1. The molecule has 0 radical (unpaired) electrons. The van der Waals surface area contributed by atoms with Gasteiger partial charge >= 0.3 is 6.09 Å². The number of hydrogen-bond donors (Lipinski definition) is 1. The zero-order valence-electron chi connectivity index (χ0n) is 11.9. The summed E-state index contributed by atoms with van der Waals surface area (Å²) in [7, 11) is 0. The summed E-state index contributed by atoms with van der Waals surface area (Å²) in [4.78, 5) is 14.1. The van der Waals surface area contributed by atoms with Crippen LogP contribution in [0.3, 0.4) is 0 Å². The Morgan fingerprint density at radius 2 is 2.11 bits per heavy atom. The molecule has 2 fully saturated rings. The second-order valence-corrected chi connectivity index (χ2v) is 6.51. The molecular formula is C13H24N2O3. The summed E-state index contributed by atoms with van der Waals surface area (Å²) in [6.07, 6.45) is 0.705. The molecular weight excluding hydrogens is 232 g/mol. The molecule has 0 saturated carbocycles. The quantitative estimate of drug-likeness (QED) is 0.717. The first-order chi connectivity index (χ1) is 8.21. The van der Waals surface area contributed by atoms with Gasteiger partial charge < -0.3 is 14.8 Å². The Morgan fingerprint density at radius 3 is 2.72 bits per heavy atom. The molecule has 2 rings (SSSR count). The average Bonchev–Trinajstić information content (AvgIpc) is 2.44. The van der Waals surface area contributed by atoms with Crippen LogP contribution in [-0.4, -0.2) is 47.6 Å². The molecule has 1 N–H and O–H groups in total. The second-order valence-electron chi connectivity index (χ2n) is 6.51. The van der Waals surface area contributed by atoms with Gasteiger partial charge in [-0.1, -0.05) is 0 Å². The SMILES string of the molecule is CC(C)(C)OC(=O)N1[C@H]2CCNC[C@@H]2OC1(C)C. The number of carbonyl (C=O) groups is 1. The number of fused-ring (bicyclic) bond motifs is 1. The van der Waals surface area contributed by atoms with Crippen LogP contribution in [0.4, 0.5) is 4.79 Å². The van der Waals surface area contributed by atoms with Crippen LogP contribution in [0.2, 0.25) is 0 Å². The maximum atomic E-state index is 12.3. The fourth-order valence-corrected chi connectivity index (χ4v) is 2.72. The monoisotopic (exact) mass is 256 g/mol. The van der Waals surface area contributed by atoms with E-state index in [1.54, 1.807) is 4.90 Å². The number of piperidine rings is 1. The third-order valence-corrected chi connectivity index (χ3v) is 3.33. The second kappa shape index (κ2) is 4.38. The molecule has 5 nitrogen and oxygen atoms in total. The first-order valence-electron chi connectivity index (χ1n) is 6.61. The maximum absolute atomic E-state index is 12.3. The van der Waals surface area contributed by atoms with Gasteiger partial charge in [-0.2, -0.15) is 0 Å². The van der Waals surface area contributed by atoms with Crippen LogP contribution in [-0.2, 0) is 9.47 Å². The standard InChI is InChI=1S/C13H24N2O3/c1-12(2,3)18-11(16)15-9-6-7-14-8-10(9)17-13(15,4)5/h9-10,14H,6-8H2,1-5H3/t9-,10-/m0/s1. The summed E-state index contributed by atoms with van der Waals surface area (Å²) in [5, 5.41) is 3.30. The van der Waals surface area contributed by atoms with Crippen molar-refractivity contribution in [2.45, 2.75) is 64.5 Å². The van der Waals surface area contributed by atoms with Crippen molar-refractivity contribution in [2.75, 3.05) is 13.1 Å². The van der Waals surface area contributed by atoms with Gasteiger partial charge in [0.1, 0.15) is 11.3 Å². The van der Waals surface area contributed by atoms with Crippen LogP contribution in [0.5, 0.6) is 0 Å². The zero-order chi connectivity index (χ0) is 13.6. The Balaban J connectivity index is 2.16. The largest absolute Gasteiger partial charge is 0.444 e. The number of hydrogen-bond acceptors (Lipinski definition) is 4. The van der Waals surface area contributed by atoms with E-state index in [-0.39, 0.29) is 18.2 Å². The summed E-state index contributed by atoms with van der Waals surface area (Å²) in [5.41, 5.74) is -1.07. The molecule has 0 aliphatic carbocycles. The minimum Gasteiger partial charge on any atom is -0.444 e. The third kappa shape index (κ3) is 2.62. The molecule has 0 bridgehead atoms.